The second kappa shape index (κ2) is 8.53. The number of aryl methyl sites for hydroxylation is 1. The van der Waals surface area contributed by atoms with E-state index in [1.54, 1.807) is 0 Å². The molecule has 1 aromatic heterocycles. The number of piperazine rings is 1. The first-order chi connectivity index (χ1) is 15.2. The Morgan fingerprint density at radius 1 is 1.00 bits per heavy atom. The molecule has 1 aliphatic heterocycles. The Bertz CT molecular complexity index is 1030. The van der Waals surface area contributed by atoms with Gasteiger partial charge in [-0.2, -0.15) is 4.98 Å². The Hall–Kier alpha value is -3.15. The van der Waals surface area contributed by atoms with Gasteiger partial charge >= 0.3 is 0 Å². The van der Waals surface area contributed by atoms with Crippen LogP contribution in [0.25, 0.3) is 11.4 Å². The molecule has 2 aromatic carbocycles. The van der Waals surface area contributed by atoms with E-state index in [2.05, 4.69) is 58.4 Å². The number of hydrogen-bond acceptors (Lipinski definition) is 5. The fourth-order valence-electron chi connectivity index (χ4n) is 4.20. The maximum atomic E-state index is 12.7. The Balaban J connectivity index is 1.16. The van der Waals surface area contributed by atoms with Gasteiger partial charge in [0.1, 0.15) is 0 Å². The van der Waals surface area contributed by atoms with Crippen molar-refractivity contribution in [2.45, 2.75) is 38.5 Å². The maximum absolute atomic E-state index is 12.7. The SMILES string of the molecule is Cc1ccc(CC(=O)N2CCN(c3ccc(-c4noc(C5CCC5)n4)cc3)CC2)cc1. The zero-order valence-corrected chi connectivity index (χ0v) is 18.0. The van der Waals surface area contributed by atoms with Crippen molar-refractivity contribution in [2.24, 2.45) is 0 Å². The quantitative estimate of drug-likeness (QED) is 0.624. The predicted molar refractivity (Wildman–Crippen MR) is 120 cm³/mol. The molecule has 2 aliphatic rings. The van der Waals surface area contributed by atoms with E-state index in [1.165, 1.54) is 12.0 Å². The van der Waals surface area contributed by atoms with E-state index in [1.807, 2.05) is 17.0 Å². The third-order valence-corrected chi connectivity index (χ3v) is 6.50. The number of benzene rings is 2. The third-order valence-electron chi connectivity index (χ3n) is 6.50. The lowest BCUT2D eigenvalue weighted by Crippen LogP contribution is -2.49. The van der Waals surface area contributed by atoms with Crippen molar-refractivity contribution in [2.75, 3.05) is 31.1 Å². The molecular weight excluding hydrogens is 388 g/mol. The van der Waals surface area contributed by atoms with Crippen molar-refractivity contribution >= 4 is 11.6 Å². The molecule has 1 saturated carbocycles. The third kappa shape index (κ3) is 4.33. The van der Waals surface area contributed by atoms with Crippen molar-refractivity contribution in [3.05, 3.63) is 65.5 Å². The summed E-state index contributed by atoms with van der Waals surface area (Å²) >= 11 is 0. The van der Waals surface area contributed by atoms with Gasteiger partial charge in [-0.05, 0) is 49.6 Å². The highest BCUT2D eigenvalue weighted by Crippen LogP contribution is 2.36. The largest absolute Gasteiger partial charge is 0.368 e. The molecule has 3 aromatic rings. The summed E-state index contributed by atoms with van der Waals surface area (Å²) in [5, 5.41) is 4.16. The van der Waals surface area contributed by atoms with Crippen molar-refractivity contribution < 1.29 is 9.32 Å². The lowest BCUT2D eigenvalue weighted by Gasteiger charge is -2.36. The smallest absolute Gasteiger partial charge is 0.230 e. The molecule has 6 heteroatoms. The summed E-state index contributed by atoms with van der Waals surface area (Å²) in [5.74, 6) is 2.10. The van der Waals surface area contributed by atoms with Gasteiger partial charge in [0, 0.05) is 43.3 Å². The van der Waals surface area contributed by atoms with Gasteiger partial charge in [-0.15, -0.1) is 0 Å². The van der Waals surface area contributed by atoms with Crippen molar-refractivity contribution in [1.82, 2.24) is 15.0 Å². The number of aromatic nitrogens is 2. The standard InChI is InChI=1S/C25H28N4O2/c1-18-5-7-19(8-6-18)17-23(30)29-15-13-28(14-16-29)22-11-9-20(10-12-22)24-26-25(31-27-24)21-3-2-4-21/h5-12,21H,2-4,13-17H2,1H3. The molecule has 160 valence electrons. The second-order valence-corrected chi connectivity index (χ2v) is 8.66. The number of amides is 1. The first-order valence-electron chi connectivity index (χ1n) is 11.2. The Morgan fingerprint density at radius 2 is 1.71 bits per heavy atom. The normalized spacial score (nSPS) is 16.9. The zero-order chi connectivity index (χ0) is 21.2. The molecule has 31 heavy (non-hydrogen) atoms. The fourth-order valence-corrected chi connectivity index (χ4v) is 4.20. The summed E-state index contributed by atoms with van der Waals surface area (Å²) in [6.45, 7) is 5.25. The first kappa shape index (κ1) is 19.8. The molecule has 0 unspecified atom stereocenters. The maximum Gasteiger partial charge on any atom is 0.230 e. The molecule has 5 rings (SSSR count). The van der Waals surface area contributed by atoms with E-state index in [0.29, 0.717) is 18.2 Å². The number of anilines is 1. The number of hydrogen-bond donors (Lipinski definition) is 0. The highest BCUT2D eigenvalue weighted by Gasteiger charge is 2.26. The molecule has 2 heterocycles. The zero-order valence-electron chi connectivity index (χ0n) is 18.0. The van der Waals surface area contributed by atoms with Gasteiger partial charge in [0.05, 0.1) is 6.42 Å². The van der Waals surface area contributed by atoms with Crippen LogP contribution in [0.4, 0.5) is 5.69 Å². The Kier molecular flexibility index (Phi) is 5.45. The summed E-state index contributed by atoms with van der Waals surface area (Å²) in [5.41, 5.74) is 4.44. The van der Waals surface area contributed by atoms with Gasteiger partial charge in [-0.3, -0.25) is 4.79 Å². The van der Waals surface area contributed by atoms with Crippen LogP contribution < -0.4 is 4.90 Å². The van der Waals surface area contributed by atoms with Gasteiger partial charge in [-0.25, -0.2) is 0 Å². The number of carbonyl (C=O) groups excluding carboxylic acids is 1. The molecule has 2 fully saturated rings. The minimum absolute atomic E-state index is 0.207. The second-order valence-electron chi connectivity index (χ2n) is 8.66. The lowest BCUT2D eigenvalue weighted by atomic mass is 9.85. The van der Waals surface area contributed by atoms with E-state index in [0.717, 1.165) is 61.7 Å². The van der Waals surface area contributed by atoms with Crippen LogP contribution in [0.1, 0.15) is 42.2 Å². The summed E-state index contributed by atoms with van der Waals surface area (Å²) in [7, 11) is 0. The van der Waals surface area contributed by atoms with Gasteiger partial charge in [0.2, 0.25) is 17.6 Å². The topological polar surface area (TPSA) is 62.5 Å². The predicted octanol–water partition coefficient (Wildman–Crippen LogP) is 4.20. The molecule has 0 bridgehead atoms. The summed E-state index contributed by atoms with van der Waals surface area (Å²) in [6.07, 6.45) is 4.03. The fraction of sp³-hybridized carbons (Fsp3) is 0.400. The molecule has 0 N–H and O–H groups in total. The van der Waals surface area contributed by atoms with E-state index >= 15 is 0 Å². The molecule has 1 aliphatic carbocycles. The van der Waals surface area contributed by atoms with Crippen LogP contribution in [0.5, 0.6) is 0 Å². The van der Waals surface area contributed by atoms with Crippen molar-refractivity contribution in [3.8, 4) is 11.4 Å². The summed E-state index contributed by atoms with van der Waals surface area (Å²) < 4.78 is 5.44. The Labute approximate surface area is 182 Å². The van der Waals surface area contributed by atoms with Crippen molar-refractivity contribution in [3.63, 3.8) is 0 Å². The average Bonchev–Trinajstić information content (AvgIpc) is 3.24. The minimum atomic E-state index is 0.207. The van der Waals surface area contributed by atoms with Crippen LogP contribution in [0.15, 0.2) is 53.1 Å². The number of rotatable bonds is 5. The molecule has 0 spiro atoms. The minimum Gasteiger partial charge on any atom is -0.368 e. The van der Waals surface area contributed by atoms with E-state index in [9.17, 15) is 4.79 Å². The van der Waals surface area contributed by atoms with Gasteiger partial charge in [0.15, 0.2) is 0 Å². The molecule has 0 radical (unpaired) electrons. The molecular formula is C25H28N4O2. The number of nitrogens with zero attached hydrogens (tertiary/aromatic N) is 4. The van der Waals surface area contributed by atoms with E-state index in [4.69, 9.17) is 4.52 Å². The molecule has 0 atom stereocenters. The van der Waals surface area contributed by atoms with Crippen LogP contribution in [0.3, 0.4) is 0 Å². The van der Waals surface area contributed by atoms with Crippen molar-refractivity contribution in [1.29, 1.82) is 0 Å². The van der Waals surface area contributed by atoms with Crippen LogP contribution in [0, 0.1) is 6.92 Å². The monoisotopic (exact) mass is 416 g/mol. The first-order valence-corrected chi connectivity index (χ1v) is 11.2. The average molecular weight is 417 g/mol. The molecule has 1 amide bonds. The molecule has 1 saturated heterocycles. The van der Waals surface area contributed by atoms with Gasteiger partial charge < -0.3 is 14.3 Å². The highest BCUT2D eigenvalue weighted by atomic mass is 16.5. The summed E-state index contributed by atoms with van der Waals surface area (Å²) in [6, 6.07) is 16.5. The van der Waals surface area contributed by atoms with Crippen LogP contribution in [-0.4, -0.2) is 47.1 Å². The summed E-state index contributed by atoms with van der Waals surface area (Å²) in [4.78, 5) is 21.5. The van der Waals surface area contributed by atoms with E-state index in [-0.39, 0.29) is 5.91 Å². The number of carbonyl (C=O) groups is 1. The van der Waals surface area contributed by atoms with Crippen LogP contribution in [0.2, 0.25) is 0 Å². The van der Waals surface area contributed by atoms with E-state index < -0.39 is 0 Å². The van der Waals surface area contributed by atoms with Gasteiger partial charge in [0.25, 0.3) is 0 Å². The molecule has 6 nitrogen and oxygen atoms in total. The van der Waals surface area contributed by atoms with Gasteiger partial charge in [-0.1, -0.05) is 41.4 Å². The highest BCUT2D eigenvalue weighted by molar-refractivity contribution is 5.79. The van der Waals surface area contributed by atoms with Crippen LogP contribution in [-0.2, 0) is 11.2 Å². The lowest BCUT2D eigenvalue weighted by molar-refractivity contribution is -0.130. The Morgan fingerprint density at radius 3 is 2.35 bits per heavy atom. The van der Waals surface area contributed by atoms with Crippen LogP contribution >= 0.6 is 0 Å².